The average molecular weight is 373 g/mol. The fraction of sp³-hybridized carbons (Fsp3) is 0.444. The van der Waals surface area contributed by atoms with Gasteiger partial charge >= 0.3 is 5.97 Å². The Morgan fingerprint density at radius 2 is 2.07 bits per heavy atom. The monoisotopic (exact) mass is 373 g/mol. The summed E-state index contributed by atoms with van der Waals surface area (Å²) in [5.74, 6) is -0.242. The zero-order valence-corrected chi connectivity index (χ0v) is 15.4. The first kappa shape index (κ1) is 18.7. The second kappa shape index (κ2) is 8.07. The predicted octanol–water partition coefficient (Wildman–Crippen LogP) is 2.55. The molecule has 0 atom stereocenters. The van der Waals surface area contributed by atoms with E-state index >= 15 is 0 Å². The zero-order chi connectivity index (χ0) is 19.4. The van der Waals surface area contributed by atoms with E-state index in [2.05, 4.69) is 15.3 Å². The normalized spacial score (nSPS) is 15.4. The van der Waals surface area contributed by atoms with Crippen LogP contribution in [0, 0.1) is 5.92 Å². The number of carbonyl (C=O) groups is 2. The number of esters is 1. The van der Waals surface area contributed by atoms with E-state index in [4.69, 9.17) is 15.2 Å². The van der Waals surface area contributed by atoms with Crippen molar-refractivity contribution in [1.29, 1.82) is 0 Å². The predicted molar refractivity (Wildman–Crippen MR) is 98.8 cm³/mol. The minimum atomic E-state index is -0.492. The van der Waals surface area contributed by atoms with Crippen molar-refractivity contribution in [2.75, 3.05) is 26.8 Å². The van der Waals surface area contributed by atoms with Gasteiger partial charge in [-0.1, -0.05) is 5.22 Å². The lowest BCUT2D eigenvalue weighted by Gasteiger charge is -2.26. The van der Waals surface area contributed by atoms with Crippen molar-refractivity contribution >= 4 is 28.5 Å². The summed E-state index contributed by atoms with van der Waals surface area (Å²) in [5.41, 5.74) is 6.74. The van der Waals surface area contributed by atoms with E-state index in [9.17, 15) is 9.59 Å². The number of piperidine rings is 1. The maximum Gasteiger partial charge on any atom is 0.357 e. The van der Waals surface area contributed by atoms with Gasteiger partial charge in [-0.15, -0.1) is 5.11 Å². The van der Waals surface area contributed by atoms with Gasteiger partial charge in [-0.05, 0) is 38.0 Å². The minimum absolute atomic E-state index is 0.121. The van der Waals surface area contributed by atoms with Gasteiger partial charge in [-0.3, -0.25) is 9.80 Å². The van der Waals surface area contributed by atoms with Crippen LogP contribution in [0.25, 0.3) is 10.9 Å². The van der Waals surface area contributed by atoms with Crippen LogP contribution in [0.2, 0.25) is 0 Å². The van der Waals surface area contributed by atoms with Gasteiger partial charge < -0.3 is 20.2 Å². The number of aromatic nitrogens is 1. The summed E-state index contributed by atoms with van der Waals surface area (Å²) in [6, 6.07) is 5.40. The molecule has 9 nitrogen and oxygen atoms in total. The first-order chi connectivity index (χ1) is 13.0. The van der Waals surface area contributed by atoms with Gasteiger partial charge in [0.25, 0.3) is 0 Å². The van der Waals surface area contributed by atoms with Gasteiger partial charge in [0.05, 0.1) is 13.7 Å². The molecule has 2 aromatic rings. The molecule has 1 fully saturated rings. The zero-order valence-electron chi connectivity index (χ0n) is 15.4. The molecule has 27 heavy (non-hydrogen) atoms. The molecular weight excluding hydrogens is 350 g/mol. The van der Waals surface area contributed by atoms with E-state index in [1.54, 1.807) is 31.2 Å². The molecule has 1 aliphatic rings. The minimum Gasteiger partial charge on any atom is -0.497 e. The van der Waals surface area contributed by atoms with Crippen LogP contribution < -0.4 is 10.5 Å². The Kier molecular flexibility index (Phi) is 5.58. The molecule has 3 rings (SSSR count). The Labute approximate surface area is 156 Å². The highest BCUT2D eigenvalue weighted by atomic mass is 16.5. The van der Waals surface area contributed by atoms with E-state index in [1.807, 2.05) is 6.07 Å². The molecule has 1 saturated heterocycles. The number of nitrogens with one attached hydrogen (secondary N) is 1. The molecule has 144 valence electrons. The van der Waals surface area contributed by atoms with E-state index in [0.717, 1.165) is 5.52 Å². The van der Waals surface area contributed by atoms with Crippen molar-refractivity contribution in [3.8, 4) is 5.75 Å². The molecule has 9 heteroatoms. The third-order valence-corrected chi connectivity index (χ3v) is 4.60. The number of methoxy groups -OCH3 is 1. The quantitative estimate of drug-likeness (QED) is 0.595. The van der Waals surface area contributed by atoms with Gasteiger partial charge in [0.15, 0.2) is 5.69 Å². The number of aromatic amines is 1. The van der Waals surface area contributed by atoms with Crippen molar-refractivity contribution in [1.82, 2.24) is 9.99 Å². The first-order valence-corrected chi connectivity index (χ1v) is 8.86. The summed E-state index contributed by atoms with van der Waals surface area (Å²) in [7, 11) is 1.57. The Bertz CT molecular complexity index is 868. The number of nitrogens with two attached hydrogens (primary N) is 1. The van der Waals surface area contributed by atoms with Crippen LogP contribution in [0.4, 0.5) is 5.69 Å². The molecule has 0 spiro atoms. The number of primary amides is 1. The van der Waals surface area contributed by atoms with Crippen molar-refractivity contribution in [3.05, 3.63) is 23.9 Å². The molecule has 0 saturated carbocycles. The van der Waals surface area contributed by atoms with E-state index in [0.29, 0.717) is 42.8 Å². The average Bonchev–Trinajstić information content (AvgIpc) is 3.04. The molecule has 0 unspecified atom stereocenters. The van der Waals surface area contributed by atoms with Crippen LogP contribution in [0.3, 0.4) is 0 Å². The second-order valence-electron chi connectivity index (χ2n) is 6.30. The number of hydrogen-bond donors (Lipinski definition) is 2. The lowest BCUT2D eigenvalue weighted by molar-refractivity contribution is -0.123. The highest BCUT2D eigenvalue weighted by Crippen LogP contribution is 2.34. The Hall–Kier alpha value is -3.10. The van der Waals surface area contributed by atoms with Crippen LogP contribution in [0.1, 0.15) is 30.3 Å². The first-order valence-electron chi connectivity index (χ1n) is 8.86. The molecule has 2 heterocycles. The van der Waals surface area contributed by atoms with Crippen molar-refractivity contribution in [3.63, 3.8) is 0 Å². The largest absolute Gasteiger partial charge is 0.497 e. The molecule has 1 aliphatic heterocycles. The van der Waals surface area contributed by atoms with Crippen molar-refractivity contribution < 1.29 is 19.1 Å². The summed E-state index contributed by atoms with van der Waals surface area (Å²) in [6.07, 6.45) is 1.28. The highest BCUT2D eigenvalue weighted by molar-refractivity contribution is 6.05. The van der Waals surface area contributed by atoms with Gasteiger partial charge in [-0.25, -0.2) is 4.79 Å². The Morgan fingerprint density at radius 1 is 1.33 bits per heavy atom. The number of rotatable bonds is 6. The molecule has 1 aromatic heterocycles. The number of benzene rings is 1. The maximum atomic E-state index is 12.3. The smallest absolute Gasteiger partial charge is 0.357 e. The van der Waals surface area contributed by atoms with Crippen LogP contribution in [0.5, 0.6) is 5.75 Å². The van der Waals surface area contributed by atoms with E-state index in [1.165, 1.54) is 0 Å². The number of ether oxygens (including phenoxy) is 2. The summed E-state index contributed by atoms with van der Waals surface area (Å²) in [5, 5.41) is 11.1. The number of carbonyl (C=O) groups excluding carboxylic acids is 2. The molecule has 0 radical (unpaired) electrons. The molecule has 0 aliphatic carbocycles. The third kappa shape index (κ3) is 4.02. The van der Waals surface area contributed by atoms with Crippen LogP contribution in [0.15, 0.2) is 28.5 Å². The molecule has 1 amide bonds. The Balaban J connectivity index is 1.90. The topological polar surface area (TPSA) is 122 Å². The fourth-order valence-corrected chi connectivity index (χ4v) is 3.09. The van der Waals surface area contributed by atoms with Crippen LogP contribution in [-0.4, -0.2) is 48.7 Å². The number of H-pyrrole nitrogens is 1. The number of hydrogen-bond acceptors (Lipinski definition) is 6. The summed E-state index contributed by atoms with van der Waals surface area (Å²) >= 11 is 0. The van der Waals surface area contributed by atoms with Crippen LogP contribution >= 0.6 is 0 Å². The molecule has 0 bridgehead atoms. The summed E-state index contributed by atoms with van der Waals surface area (Å²) < 4.78 is 10.4. The van der Waals surface area contributed by atoms with Gasteiger partial charge in [0.1, 0.15) is 11.4 Å². The maximum absolute atomic E-state index is 12.3. The second-order valence-corrected chi connectivity index (χ2v) is 6.30. The molecule has 1 aromatic carbocycles. The van der Waals surface area contributed by atoms with Gasteiger partial charge in [-0.2, -0.15) is 0 Å². The lowest BCUT2D eigenvalue weighted by Crippen LogP contribution is -2.35. The van der Waals surface area contributed by atoms with Gasteiger partial charge in [0, 0.05) is 29.9 Å². The van der Waals surface area contributed by atoms with E-state index < -0.39 is 5.97 Å². The lowest BCUT2D eigenvalue weighted by atomic mass is 9.97. The van der Waals surface area contributed by atoms with Crippen molar-refractivity contribution in [2.45, 2.75) is 19.8 Å². The van der Waals surface area contributed by atoms with Gasteiger partial charge in [0.2, 0.25) is 5.91 Å². The third-order valence-electron chi connectivity index (χ3n) is 4.60. The standard InChI is InChI=1S/C18H23N5O4/c1-3-27-18(25)16-15(13-10-12(26-2)4-5-14(13)20-16)21-22-23-8-6-11(7-9-23)17(19)24/h4-5,10-11,20H,3,6-9H2,1-2H3,(H2,19,24). The highest BCUT2D eigenvalue weighted by Gasteiger charge is 2.23. The Morgan fingerprint density at radius 3 is 2.70 bits per heavy atom. The van der Waals surface area contributed by atoms with Crippen LogP contribution in [-0.2, 0) is 9.53 Å². The summed E-state index contributed by atoms with van der Waals surface area (Å²) in [6.45, 7) is 3.16. The summed E-state index contributed by atoms with van der Waals surface area (Å²) in [4.78, 5) is 26.6. The SMILES string of the molecule is CCOC(=O)c1[nH]c2ccc(OC)cc2c1N=NN1CCC(C(N)=O)CC1. The number of amides is 1. The molecular formula is C18H23N5O4. The molecule has 3 N–H and O–H groups in total. The number of fused-ring (bicyclic) bond motifs is 1. The van der Waals surface area contributed by atoms with E-state index in [-0.39, 0.29) is 24.1 Å². The van der Waals surface area contributed by atoms with Crippen molar-refractivity contribution in [2.24, 2.45) is 22.0 Å². The fourth-order valence-electron chi connectivity index (χ4n) is 3.09. The number of nitrogens with zero attached hydrogens (tertiary/aromatic N) is 3.